The molecule has 1 aliphatic rings. The summed E-state index contributed by atoms with van der Waals surface area (Å²) in [4.78, 5) is 14.1. The Kier molecular flexibility index (Phi) is 7.50. The van der Waals surface area contributed by atoms with E-state index in [0.717, 1.165) is 12.2 Å². The van der Waals surface area contributed by atoms with E-state index in [1.165, 1.54) is 0 Å². The number of nitrogens with zero attached hydrogens (tertiary/aromatic N) is 1. The van der Waals surface area contributed by atoms with Crippen molar-refractivity contribution in [1.82, 2.24) is 4.90 Å². The SMILES string of the molecule is CCS(=O)(=O)C1CSCCN1C(=O)C[C@@H](CN)CC(C)C. The van der Waals surface area contributed by atoms with Crippen molar-refractivity contribution in [3.05, 3.63) is 0 Å². The standard InChI is InChI=1S/C14H28N2O3S2/c1-4-21(18,19)14-10-20-6-5-16(14)13(17)8-12(9-15)7-11(2)3/h11-12,14H,4-10,15H2,1-3H3/t12-,14?/m0/s1. The van der Waals surface area contributed by atoms with Gasteiger partial charge in [0.25, 0.3) is 0 Å². The number of sulfone groups is 1. The smallest absolute Gasteiger partial charge is 0.224 e. The third-order valence-electron chi connectivity index (χ3n) is 3.82. The highest BCUT2D eigenvalue weighted by Crippen LogP contribution is 2.24. The highest BCUT2D eigenvalue weighted by Gasteiger charge is 2.36. The maximum Gasteiger partial charge on any atom is 0.224 e. The fourth-order valence-corrected chi connectivity index (χ4v) is 5.64. The first kappa shape index (κ1) is 18.8. The van der Waals surface area contributed by atoms with Gasteiger partial charge in [-0.15, -0.1) is 0 Å². The molecule has 0 aromatic heterocycles. The second-order valence-electron chi connectivity index (χ2n) is 6.00. The fraction of sp³-hybridized carbons (Fsp3) is 0.929. The number of hydrogen-bond acceptors (Lipinski definition) is 5. The normalized spacial score (nSPS) is 21.6. The third kappa shape index (κ3) is 5.45. The van der Waals surface area contributed by atoms with Gasteiger partial charge < -0.3 is 10.6 Å². The van der Waals surface area contributed by atoms with Crippen molar-refractivity contribution in [2.24, 2.45) is 17.6 Å². The molecule has 0 aliphatic carbocycles. The van der Waals surface area contributed by atoms with Gasteiger partial charge in [-0.25, -0.2) is 8.42 Å². The van der Waals surface area contributed by atoms with Crippen LogP contribution in [0.25, 0.3) is 0 Å². The molecule has 0 radical (unpaired) electrons. The summed E-state index contributed by atoms with van der Waals surface area (Å²) in [7, 11) is -3.23. The summed E-state index contributed by atoms with van der Waals surface area (Å²) in [5, 5.41) is -0.661. The molecular weight excluding hydrogens is 308 g/mol. The van der Waals surface area contributed by atoms with Crippen LogP contribution in [-0.2, 0) is 14.6 Å². The van der Waals surface area contributed by atoms with Crippen molar-refractivity contribution in [3.63, 3.8) is 0 Å². The van der Waals surface area contributed by atoms with Crippen molar-refractivity contribution in [2.75, 3.05) is 30.3 Å². The van der Waals surface area contributed by atoms with Crippen molar-refractivity contribution in [1.29, 1.82) is 0 Å². The van der Waals surface area contributed by atoms with E-state index >= 15 is 0 Å². The Morgan fingerprint density at radius 1 is 1.43 bits per heavy atom. The van der Waals surface area contributed by atoms with Crippen molar-refractivity contribution in [3.8, 4) is 0 Å². The number of thioether (sulfide) groups is 1. The van der Waals surface area contributed by atoms with E-state index in [9.17, 15) is 13.2 Å². The van der Waals surface area contributed by atoms with Crippen LogP contribution in [0.15, 0.2) is 0 Å². The van der Waals surface area contributed by atoms with Crippen LogP contribution in [0.3, 0.4) is 0 Å². The van der Waals surface area contributed by atoms with Gasteiger partial charge in [0.2, 0.25) is 5.91 Å². The first-order valence-corrected chi connectivity index (χ1v) is 10.5. The second kappa shape index (κ2) is 8.39. The molecule has 1 fully saturated rings. The molecule has 124 valence electrons. The molecule has 1 saturated heterocycles. The third-order valence-corrected chi connectivity index (χ3v) is 7.11. The first-order chi connectivity index (χ1) is 9.81. The summed E-state index contributed by atoms with van der Waals surface area (Å²) in [5.74, 6) is 1.93. The molecule has 5 nitrogen and oxygen atoms in total. The summed E-state index contributed by atoms with van der Waals surface area (Å²) in [6.07, 6.45) is 1.26. The van der Waals surface area contributed by atoms with Crippen LogP contribution >= 0.6 is 11.8 Å². The maximum atomic E-state index is 12.5. The monoisotopic (exact) mass is 336 g/mol. The Morgan fingerprint density at radius 3 is 2.62 bits per heavy atom. The lowest BCUT2D eigenvalue weighted by molar-refractivity contribution is -0.132. The van der Waals surface area contributed by atoms with Gasteiger partial charge in [0.1, 0.15) is 5.37 Å². The lowest BCUT2D eigenvalue weighted by Gasteiger charge is -2.35. The van der Waals surface area contributed by atoms with E-state index < -0.39 is 15.2 Å². The highest BCUT2D eigenvalue weighted by atomic mass is 32.2. The number of carbonyl (C=O) groups is 1. The number of nitrogens with two attached hydrogens (primary N) is 1. The molecule has 0 bridgehead atoms. The van der Waals surface area contributed by atoms with Crippen molar-refractivity contribution >= 4 is 27.5 Å². The largest absolute Gasteiger partial charge is 0.330 e. The zero-order valence-corrected chi connectivity index (χ0v) is 14.9. The average Bonchev–Trinajstić information content (AvgIpc) is 2.45. The Labute approximate surface area is 132 Å². The van der Waals surface area contributed by atoms with Crippen molar-refractivity contribution in [2.45, 2.75) is 39.0 Å². The second-order valence-corrected chi connectivity index (χ2v) is 9.60. The lowest BCUT2D eigenvalue weighted by Crippen LogP contribution is -2.51. The summed E-state index contributed by atoms with van der Waals surface area (Å²) in [5.41, 5.74) is 5.75. The molecular formula is C14H28N2O3S2. The van der Waals surface area contributed by atoms with E-state index in [4.69, 9.17) is 5.73 Å². The fourth-order valence-electron chi connectivity index (χ4n) is 2.65. The molecule has 0 saturated carbocycles. The van der Waals surface area contributed by atoms with E-state index in [1.54, 1.807) is 23.6 Å². The molecule has 1 amide bonds. The van der Waals surface area contributed by atoms with Gasteiger partial charge in [0, 0.05) is 30.2 Å². The van der Waals surface area contributed by atoms with Gasteiger partial charge in [-0.05, 0) is 24.8 Å². The summed E-state index contributed by atoms with van der Waals surface area (Å²) >= 11 is 1.60. The summed E-state index contributed by atoms with van der Waals surface area (Å²) in [6, 6.07) is 0. The Bertz CT molecular complexity index is 438. The zero-order chi connectivity index (χ0) is 16.0. The van der Waals surface area contributed by atoms with Crippen LogP contribution in [0.1, 0.15) is 33.6 Å². The van der Waals surface area contributed by atoms with Gasteiger partial charge in [0.15, 0.2) is 9.84 Å². The van der Waals surface area contributed by atoms with Crippen LogP contribution in [0.2, 0.25) is 0 Å². The lowest BCUT2D eigenvalue weighted by atomic mass is 9.94. The van der Waals surface area contributed by atoms with Gasteiger partial charge in [-0.2, -0.15) is 11.8 Å². The van der Waals surface area contributed by atoms with Gasteiger partial charge in [-0.3, -0.25) is 4.79 Å². The molecule has 2 N–H and O–H groups in total. The predicted molar refractivity (Wildman–Crippen MR) is 88.9 cm³/mol. The minimum Gasteiger partial charge on any atom is -0.330 e. The van der Waals surface area contributed by atoms with Crippen LogP contribution in [0.4, 0.5) is 0 Å². The molecule has 2 atom stereocenters. The van der Waals surface area contributed by atoms with E-state index in [2.05, 4.69) is 13.8 Å². The number of amides is 1. The van der Waals surface area contributed by atoms with E-state index in [1.807, 2.05) is 0 Å². The molecule has 1 unspecified atom stereocenters. The van der Waals surface area contributed by atoms with Gasteiger partial charge in [-0.1, -0.05) is 20.8 Å². The molecule has 1 rings (SSSR count). The Hall–Kier alpha value is -0.270. The van der Waals surface area contributed by atoms with Gasteiger partial charge in [0.05, 0.1) is 0 Å². The number of carbonyl (C=O) groups excluding carboxylic acids is 1. The average molecular weight is 337 g/mol. The highest BCUT2D eigenvalue weighted by molar-refractivity contribution is 8.01. The van der Waals surface area contributed by atoms with Crippen molar-refractivity contribution < 1.29 is 13.2 Å². The molecule has 0 aromatic rings. The van der Waals surface area contributed by atoms with Gasteiger partial charge >= 0.3 is 0 Å². The topological polar surface area (TPSA) is 80.5 Å². The summed E-state index contributed by atoms with van der Waals surface area (Å²) < 4.78 is 24.3. The van der Waals surface area contributed by atoms with Crippen LogP contribution in [0.5, 0.6) is 0 Å². The maximum absolute atomic E-state index is 12.5. The Balaban J connectivity index is 2.77. The van der Waals surface area contributed by atoms with Crippen LogP contribution in [-0.4, -0.2) is 54.9 Å². The minimum atomic E-state index is -3.23. The Morgan fingerprint density at radius 2 is 2.10 bits per heavy atom. The van der Waals surface area contributed by atoms with Crippen LogP contribution < -0.4 is 5.73 Å². The number of hydrogen-bond donors (Lipinski definition) is 1. The van der Waals surface area contributed by atoms with E-state index in [-0.39, 0.29) is 17.6 Å². The first-order valence-electron chi connectivity index (χ1n) is 7.60. The molecule has 0 spiro atoms. The minimum absolute atomic E-state index is 0.0616. The molecule has 21 heavy (non-hydrogen) atoms. The molecule has 1 heterocycles. The number of rotatable bonds is 7. The molecule has 0 aromatic carbocycles. The van der Waals surface area contributed by atoms with Crippen LogP contribution in [0, 0.1) is 11.8 Å². The predicted octanol–water partition coefficient (Wildman–Crippen LogP) is 1.33. The molecule has 7 heteroatoms. The summed E-state index contributed by atoms with van der Waals surface area (Å²) in [6.45, 7) is 6.84. The zero-order valence-electron chi connectivity index (χ0n) is 13.2. The quantitative estimate of drug-likeness (QED) is 0.759. The van der Waals surface area contributed by atoms with E-state index in [0.29, 0.717) is 31.2 Å². The molecule has 1 aliphatic heterocycles.